The van der Waals surface area contributed by atoms with Gasteiger partial charge in [-0.25, -0.2) is 4.39 Å². The lowest BCUT2D eigenvalue weighted by Gasteiger charge is -2.24. The normalized spacial score (nSPS) is 12.7. The van der Waals surface area contributed by atoms with Gasteiger partial charge in [0.05, 0.1) is 16.8 Å². The van der Waals surface area contributed by atoms with Gasteiger partial charge in [0.1, 0.15) is 5.82 Å². The highest BCUT2D eigenvalue weighted by Crippen LogP contribution is 2.37. The highest BCUT2D eigenvalue weighted by atomic mass is 79.9. The van der Waals surface area contributed by atoms with Gasteiger partial charge in [-0.05, 0) is 52.3 Å². The Morgan fingerprint density at radius 3 is 2.37 bits per heavy atom. The third kappa shape index (κ3) is 2.32. The number of fused-ring (bicyclic) bond motifs is 1. The van der Waals surface area contributed by atoms with E-state index in [9.17, 15) is 9.50 Å². The molecular weight excluding hydrogens is 309 g/mol. The molecule has 1 N–H and O–H groups in total. The summed E-state index contributed by atoms with van der Waals surface area (Å²) in [5.41, 5.74) is 1.39. The van der Waals surface area contributed by atoms with Gasteiger partial charge in [0.2, 0.25) is 0 Å². The van der Waals surface area contributed by atoms with Crippen molar-refractivity contribution in [3.8, 4) is 0 Å². The van der Waals surface area contributed by atoms with Gasteiger partial charge in [-0.3, -0.25) is 0 Å². The molecule has 1 aromatic carbocycles. The summed E-state index contributed by atoms with van der Waals surface area (Å²) in [5, 5.41) is 11.0. The van der Waals surface area contributed by atoms with Crippen molar-refractivity contribution in [2.45, 2.75) is 46.3 Å². The Morgan fingerprint density at radius 1 is 1.32 bits per heavy atom. The van der Waals surface area contributed by atoms with Crippen LogP contribution in [0.1, 0.15) is 45.0 Å². The van der Waals surface area contributed by atoms with Gasteiger partial charge in [0, 0.05) is 15.9 Å². The molecule has 2 nitrogen and oxygen atoms in total. The predicted molar refractivity (Wildman–Crippen MR) is 80.0 cm³/mol. The Bertz CT molecular complexity index is 638. The minimum absolute atomic E-state index is 0.145. The standard InChI is InChI=1S/C15H19BrFNO/c1-8(2)18-12-7-10(16)6-11(17)13(12)9(3)14(18)15(4,5)19/h6-8,19H,1-5H3. The first-order chi connectivity index (χ1) is 8.64. The van der Waals surface area contributed by atoms with Gasteiger partial charge in [-0.2, -0.15) is 0 Å². The average Bonchev–Trinajstić information content (AvgIpc) is 2.50. The molecule has 0 aliphatic heterocycles. The predicted octanol–water partition coefficient (Wildman–Crippen LogP) is 4.66. The molecule has 0 aliphatic carbocycles. The monoisotopic (exact) mass is 327 g/mol. The molecule has 0 aliphatic rings. The zero-order chi connectivity index (χ0) is 14.5. The molecule has 0 saturated heterocycles. The van der Waals surface area contributed by atoms with Crippen LogP contribution < -0.4 is 0 Å². The molecule has 19 heavy (non-hydrogen) atoms. The second-order valence-corrected chi connectivity index (χ2v) is 6.69. The van der Waals surface area contributed by atoms with Crippen LogP contribution in [0, 0.1) is 12.7 Å². The number of aryl methyl sites for hydroxylation is 1. The maximum absolute atomic E-state index is 14.2. The van der Waals surface area contributed by atoms with Crippen LogP contribution in [0.3, 0.4) is 0 Å². The fraction of sp³-hybridized carbons (Fsp3) is 0.467. The smallest absolute Gasteiger partial charge is 0.133 e. The summed E-state index contributed by atoms with van der Waals surface area (Å²) in [6.07, 6.45) is 0. The number of rotatable bonds is 2. The van der Waals surface area contributed by atoms with Gasteiger partial charge in [0.25, 0.3) is 0 Å². The average molecular weight is 328 g/mol. The molecule has 0 bridgehead atoms. The van der Waals surface area contributed by atoms with Crippen molar-refractivity contribution < 1.29 is 9.50 Å². The van der Waals surface area contributed by atoms with Crippen molar-refractivity contribution in [1.29, 1.82) is 0 Å². The third-order valence-electron chi connectivity index (χ3n) is 3.36. The van der Waals surface area contributed by atoms with Crippen molar-refractivity contribution in [2.24, 2.45) is 0 Å². The topological polar surface area (TPSA) is 25.2 Å². The number of benzene rings is 1. The SMILES string of the molecule is Cc1c(C(C)(C)O)n(C(C)C)c2cc(Br)cc(F)c12. The van der Waals surface area contributed by atoms with Crippen molar-refractivity contribution in [3.63, 3.8) is 0 Å². The lowest BCUT2D eigenvalue weighted by atomic mass is 10.00. The second kappa shape index (κ2) is 4.60. The highest BCUT2D eigenvalue weighted by molar-refractivity contribution is 9.10. The number of nitrogens with zero attached hydrogens (tertiary/aromatic N) is 1. The molecule has 0 fully saturated rings. The van der Waals surface area contributed by atoms with Gasteiger partial charge in [-0.15, -0.1) is 0 Å². The number of halogens is 2. The van der Waals surface area contributed by atoms with Crippen LogP contribution in [-0.4, -0.2) is 9.67 Å². The molecule has 104 valence electrons. The van der Waals surface area contributed by atoms with Gasteiger partial charge < -0.3 is 9.67 Å². The number of hydrogen-bond donors (Lipinski definition) is 1. The van der Waals surface area contributed by atoms with E-state index in [0.717, 1.165) is 16.8 Å². The molecule has 0 spiro atoms. The Kier molecular flexibility index (Phi) is 3.52. The van der Waals surface area contributed by atoms with Crippen molar-refractivity contribution in [2.75, 3.05) is 0 Å². The van der Waals surface area contributed by atoms with E-state index in [4.69, 9.17) is 0 Å². The van der Waals surface area contributed by atoms with Crippen molar-refractivity contribution >= 4 is 26.8 Å². The summed E-state index contributed by atoms with van der Waals surface area (Å²) in [7, 11) is 0. The molecular formula is C15H19BrFNO. The van der Waals surface area contributed by atoms with Crippen LogP contribution in [0.15, 0.2) is 16.6 Å². The lowest BCUT2D eigenvalue weighted by Crippen LogP contribution is -2.23. The van der Waals surface area contributed by atoms with E-state index in [0.29, 0.717) is 9.86 Å². The first-order valence-corrected chi connectivity index (χ1v) is 7.16. The second-order valence-electron chi connectivity index (χ2n) is 5.78. The maximum Gasteiger partial charge on any atom is 0.133 e. The van der Waals surface area contributed by atoms with Crippen molar-refractivity contribution in [1.82, 2.24) is 4.57 Å². The summed E-state index contributed by atoms with van der Waals surface area (Å²) in [6, 6.07) is 3.51. The molecule has 1 heterocycles. The van der Waals surface area contributed by atoms with Crippen LogP contribution in [0.5, 0.6) is 0 Å². The van der Waals surface area contributed by atoms with E-state index in [2.05, 4.69) is 15.9 Å². The summed E-state index contributed by atoms with van der Waals surface area (Å²) in [6.45, 7) is 9.41. The van der Waals surface area contributed by atoms with E-state index < -0.39 is 5.60 Å². The van der Waals surface area contributed by atoms with Gasteiger partial charge in [-0.1, -0.05) is 15.9 Å². The fourth-order valence-electron chi connectivity index (χ4n) is 2.83. The third-order valence-corrected chi connectivity index (χ3v) is 3.82. The van der Waals surface area contributed by atoms with Gasteiger partial charge in [0.15, 0.2) is 0 Å². The number of hydrogen-bond acceptors (Lipinski definition) is 1. The summed E-state index contributed by atoms with van der Waals surface area (Å²) < 4.78 is 16.9. The zero-order valence-electron chi connectivity index (χ0n) is 11.9. The lowest BCUT2D eigenvalue weighted by molar-refractivity contribution is 0.0684. The maximum atomic E-state index is 14.2. The van der Waals surface area contributed by atoms with Crippen LogP contribution in [0.2, 0.25) is 0 Å². The number of aromatic nitrogens is 1. The van der Waals surface area contributed by atoms with E-state index in [1.807, 2.05) is 31.4 Å². The molecule has 0 atom stereocenters. The molecule has 2 rings (SSSR count). The summed E-state index contributed by atoms with van der Waals surface area (Å²) in [4.78, 5) is 0. The van der Waals surface area contributed by atoms with E-state index in [1.165, 1.54) is 6.07 Å². The molecule has 0 saturated carbocycles. The molecule has 4 heteroatoms. The first-order valence-electron chi connectivity index (χ1n) is 6.37. The van der Waals surface area contributed by atoms with Crippen LogP contribution in [0.25, 0.3) is 10.9 Å². The Morgan fingerprint density at radius 2 is 1.89 bits per heavy atom. The quantitative estimate of drug-likeness (QED) is 0.852. The van der Waals surface area contributed by atoms with E-state index in [-0.39, 0.29) is 11.9 Å². The van der Waals surface area contributed by atoms with E-state index in [1.54, 1.807) is 13.8 Å². The molecule has 1 aromatic heterocycles. The summed E-state index contributed by atoms with van der Waals surface area (Å²) in [5.74, 6) is -0.258. The van der Waals surface area contributed by atoms with Gasteiger partial charge >= 0.3 is 0 Å². The minimum atomic E-state index is -1.01. The van der Waals surface area contributed by atoms with Crippen molar-refractivity contribution in [3.05, 3.63) is 33.7 Å². The molecule has 0 radical (unpaired) electrons. The zero-order valence-corrected chi connectivity index (χ0v) is 13.5. The first kappa shape index (κ1) is 14.5. The molecule has 0 amide bonds. The van der Waals surface area contributed by atoms with E-state index >= 15 is 0 Å². The highest BCUT2D eigenvalue weighted by Gasteiger charge is 2.28. The Labute approximate surface area is 121 Å². The summed E-state index contributed by atoms with van der Waals surface area (Å²) >= 11 is 3.33. The minimum Gasteiger partial charge on any atom is -0.384 e. The van der Waals surface area contributed by atoms with Crippen LogP contribution >= 0.6 is 15.9 Å². The fourth-order valence-corrected chi connectivity index (χ4v) is 3.25. The molecule has 0 unspecified atom stereocenters. The Hall–Kier alpha value is -0.870. The van der Waals surface area contributed by atoms with Crippen LogP contribution in [0.4, 0.5) is 4.39 Å². The largest absolute Gasteiger partial charge is 0.384 e. The molecule has 2 aromatic rings. The Balaban J connectivity index is 3.01. The van der Waals surface area contributed by atoms with Crippen LogP contribution in [-0.2, 0) is 5.60 Å². The number of aliphatic hydroxyl groups is 1.